The third-order valence-electron chi connectivity index (χ3n) is 3.01. The molecule has 0 spiro atoms. The zero-order valence-electron chi connectivity index (χ0n) is 10.3. The largest absolute Gasteiger partial charge is 0.394 e. The number of nitrogens with two attached hydrogens (primary N) is 1. The molecule has 6 heteroatoms. The molecule has 6 nitrogen and oxygen atoms in total. The maximum Gasteiger partial charge on any atom is 0.141 e. The smallest absolute Gasteiger partial charge is 0.141 e. The lowest BCUT2D eigenvalue weighted by atomic mass is 10.2. The highest BCUT2D eigenvalue weighted by Gasteiger charge is 2.26. The van der Waals surface area contributed by atoms with Gasteiger partial charge in [0, 0.05) is 6.54 Å². The number of nitrogens with zero attached hydrogens (tertiary/aromatic N) is 2. The van der Waals surface area contributed by atoms with Crippen LogP contribution in [0.2, 0.25) is 0 Å². The molecule has 1 saturated heterocycles. The summed E-state index contributed by atoms with van der Waals surface area (Å²) in [4.78, 5) is 6.42. The van der Waals surface area contributed by atoms with Crippen LogP contribution in [0.4, 0.5) is 5.82 Å². The van der Waals surface area contributed by atoms with Crippen LogP contribution < -0.4 is 10.6 Å². The van der Waals surface area contributed by atoms with Crippen molar-refractivity contribution in [3.05, 3.63) is 23.9 Å². The van der Waals surface area contributed by atoms with Gasteiger partial charge in [0.1, 0.15) is 17.3 Å². The van der Waals surface area contributed by atoms with Gasteiger partial charge in [0.2, 0.25) is 0 Å². The van der Waals surface area contributed by atoms with E-state index in [9.17, 15) is 0 Å². The number of rotatable bonds is 3. The van der Waals surface area contributed by atoms with Gasteiger partial charge < -0.3 is 20.5 Å². The normalized spacial score (nSPS) is 24.0. The third-order valence-corrected chi connectivity index (χ3v) is 3.01. The number of anilines is 1. The van der Waals surface area contributed by atoms with E-state index >= 15 is 0 Å². The zero-order valence-corrected chi connectivity index (χ0v) is 10.3. The first kappa shape index (κ1) is 12.8. The number of aliphatic hydroxyl groups excluding tert-OH is 1. The Morgan fingerprint density at radius 3 is 3.11 bits per heavy atom. The first-order valence-electron chi connectivity index (χ1n) is 5.92. The minimum absolute atomic E-state index is 0.00435. The van der Waals surface area contributed by atoms with Gasteiger partial charge in [-0.3, -0.25) is 5.41 Å². The zero-order chi connectivity index (χ0) is 13.1. The highest BCUT2D eigenvalue weighted by molar-refractivity contribution is 5.93. The van der Waals surface area contributed by atoms with Crippen molar-refractivity contribution in [2.24, 2.45) is 5.73 Å². The number of ether oxygens (including phenoxy) is 1. The van der Waals surface area contributed by atoms with Gasteiger partial charge in [-0.2, -0.15) is 0 Å². The fourth-order valence-electron chi connectivity index (χ4n) is 1.98. The molecule has 0 aromatic carbocycles. The van der Waals surface area contributed by atoms with E-state index < -0.39 is 0 Å². The van der Waals surface area contributed by atoms with Crippen molar-refractivity contribution in [1.29, 1.82) is 5.41 Å². The highest BCUT2D eigenvalue weighted by atomic mass is 16.5. The second-order valence-corrected chi connectivity index (χ2v) is 4.43. The first-order valence-corrected chi connectivity index (χ1v) is 5.92. The molecule has 0 aliphatic carbocycles. The summed E-state index contributed by atoms with van der Waals surface area (Å²) in [7, 11) is 0. The summed E-state index contributed by atoms with van der Waals surface area (Å²) in [6, 6.07) is 5.60. The van der Waals surface area contributed by atoms with Crippen LogP contribution in [0.25, 0.3) is 0 Å². The van der Waals surface area contributed by atoms with Crippen LogP contribution in [0, 0.1) is 5.41 Å². The Bertz CT molecular complexity index is 438. The van der Waals surface area contributed by atoms with Crippen molar-refractivity contribution >= 4 is 11.7 Å². The highest BCUT2D eigenvalue weighted by Crippen LogP contribution is 2.19. The number of amidine groups is 1. The number of hydrogen-bond donors (Lipinski definition) is 3. The predicted octanol–water partition coefficient (Wildman–Crippen LogP) is -0.0483. The quantitative estimate of drug-likeness (QED) is 0.516. The molecule has 1 fully saturated rings. The second-order valence-electron chi connectivity index (χ2n) is 4.43. The van der Waals surface area contributed by atoms with Gasteiger partial charge in [-0.25, -0.2) is 4.98 Å². The van der Waals surface area contributed by atoms with Crippen molar-refractivity contribution in [3.8, 4) is 0 Å². The molecule has 2 heterocycles. The summed E-state index contributed by atoms with van der Waals surface area (Å²) in [5, 5.41) is 16.6. The number of aromatic nitrogens is 1. The molecule has 1 aromatic heterocycles. The monoisotopic (exact) mass is 250 g/mol. The summed E-state index contributed by atoms with van der Waals surface area (Å²) in [6.07, 6.45) is -0.191. The van der Waals surface area contributed by atoms with Crippen molar-refractivity contribution < 1.29 is 9.84 Å². The molecule has 0 saturated carbocycles. The molecular formula is C12H18N4O2. The molecule has 2 atom stereocenters. The molecule has 98 valence electrons. The maximum atomic E-state index is 9.16. The Hall–Kier alpha value is -1.66. The Morgan fingerprint density at radius 2 is 2.44 bits per heavy atom. The lowest BCUT2D eigenvalue weighted by molar-refractivity contribution is -0.0105. The molecule has 4 N–H and O–H groups in total. The van der Waals surface area contributed by atoms with E-state index in [0.29, 0.717) is 18.8 Å². The van der Waals surface area contributed by atoms with Crippen LogP contribution >= 0.6 is 0 Å². The number of hydrogen-bond acceptors (Lipinski definition) is 5. The summed E-state index contributed by atoms with van der Waals surface area (Å²) in [5.41, 5.74) is 5.90. The molecule has 2 unspecified atom stereocenters. The standard InChI is InChI=1S/C12H18N4O2/c1-8-7-18-9(6-17)5-16(8)11-4-2-3-10(15-11)12(13)14/h2-4,8-9,17H,5-7H2,1H3,(H3,13,14). The van der Waals surface area contributed by atoms with Crippen LogP contribution in [0.15, 0.2) is 18.2 Å². The van der Waals surface area contributed by atoms with E-state index in [-0.39, 0.29) is 24.6 Å². The van der Waals surface area contributed by atoms with E-state index in [1.807, 2.05) is 19.1 Å². The van der Waals surface area contributed by atoms with Crippen LogP contribution in [0.3, 0.4) is 0 Å². The van der Waals surface area contributed by atoms with Gasteiger partial charge in [0.15, 0.2) is 0 Å². The minimum Gasteiger partial charge on any atom is -0.394 e. The van der Waals surface area contributed by atoms with Gasteiger partial charge in [0.25, 0.3) is 0 Å². The molecular weight excluding hydrogens is 232 g/mol. The fourth-order valence-corrected chi connectivity index (χ4v) is 1.98. The number of pyridine rings is 1. The van der Waals surface area contributed by atoms with Crippen LogP contribution in [-0.4, -0.2) is 47.8 Å². The molecule has 0 radical (unpaired) electrons. The predicted molar refractivity (Wildman–Crippen MR) is 68.9 cm³/mol. The van der Waals surface area contributed by atoms with E-state index in [0.717, 1.165) is 5.82 Å². The molecule has 2 rings (SSSR count). The molecule has 1 aromatic rings. The Balaban J connectivity index is 2.23. The molecule has 1 aliphatic heterocycles. The Labute approximate surface area is 106 Å². The Morgan fingerprint density at radius 1 is 1.67 bits per heavy atom. The number of nitrogen functional groups attached to an aromatic ring is 1. The van der Waals surface area contributed by atoms with Gasteiger partial charge in [-0.1, -0.05) is 6.07 Å². The molecule has 18 heavy (non-hydrogen) atoms. The second kappa shape index (κ2) is 5.32. The molecule has 0 bridgehead atoms. The first-order chi connectivity index (χ1) is 8.61. The van der Waals surface area contributed by atoms with Gasteiger partial charge >= 0.3 is 0 Å². The van der Waals surface area contributed by atoms with Crippen molar-refractivity contribution in [2.75, 3.05) is 24.7 Å². The summed E-state index contributed by atoms with van der Waals surface area (Å²) < 4.78 is 5.48. The van der Waals surface area contributed by atoms with Gasteiger partial charge in [0.05, 0.1) is 25.4 Å². The van der Waals surface area contributed by atoms with E-state index in [1.165, 1.54) is 0 Å². The third kappa shape index (κ3) is 2.60. The van der Waals surface area contributed by atoms with E-state index in [1.54, 1.807) is 6.07 Å². The van der Waals surface area contributed by atoms with E-state index in [2.05, 4.69) is 9.88 Å². The Kier molecular flexibility index (Phi) is 3.78. The van der Waals surface area contributed by atoms with Crippen LogP contribution in [-0.2, 0) is 4.74 Å². The maximum absolute atomic E-state index is 9.16. The average molecular weight is 250 g/mol. The van der Waals surface area contributed by atoms with Crippen molar-refractivity contribution in [2.45, 2.75) is 19.1 Å². The fraction of sp³-hybridized carbons (Fsp3) is 0.500. The number of morpholine rings is 1. The van der Waals surface area contributed by atoms with E-state index in [4.69, 9.17) is 21.0 Å². The van der Waals surface area contributed by atoms with Crippen LogP contribution in [0.1, 0.15) is 12.6 Å². The lowest BCUT2D eigenvalue weighted by Crippen LogP contribution is -2.50. The molecule has 1 aliphatic rings. The lowest BCUT2D eigenvalue weighted by Gasteiger charge is -2.38. The van der Waals surface area contributed by atoms with Crippen LogP contribution in [0.5, 0.6) is 0 Å². The average Bonchev–Trinajstić information content (AvgIpc) is 2.39. The van der Waals surface area contributed by atoms with Gasteiger partial charge in [-0.15, -0.1) is 0 Å². The summed E-state index contributed by atoms with van der Waals surface area (Å²) in [6.45, 7) is 3.18. The van der Waals surface area contributed by atoms with Gasteiger partial charge in [-0.05, 0) is 19.1 Å². The topological polar surface area (TPSA) is 95.5 Å². The number of nitrogens with one attached hydrogen (secondary N) is 1. The molecule has 0 amide bonds. The number of aliphatic hydroxyl groups is 1. The van der Waals surface area contributed by atoms with Crippen molar-refractivity contribution in [3.63, 3.8) is 0 Å². The summed E-state index contributed by atoms with van der Waals surface area (Å²) >= 11 is 0. The van der Waals surface area contributed by atoms with Crippen molar-refractivity contribution in [1.82, 2.24) is 4.98 Å². The SMILES string of the molecule is CC1COC(CO)CN1c1cccc(C(=N)N)n1. The summed E-state index contributed by atoms with van der Waals surface area (Å²) in [5.74, 6) is 0.716. The minimum atomic E-state index is -0.191.